The molecular formula is C13H13F3N2OS2. The third-order valence-electron chi connectivity index (χ3n) is 3.24. The topological polar surface area (TPSA) is 52.9 Å². The van der Waals surface area contributed by atoms with Gasteiger partial charge in [-0.1, -0.05) is 6.92 Å². The average molecular weight is 334 g/mol. The minimum atomic E-state index is -4.43. The number of amides is 1. The number of nitrogens with zero attached hydrogens (tertiary/aromatic N) is 1. The van der Waals surface area contributed by atoms with E-state index >= 15 is 0 Å². The number of thioether (sulfide) groups is 1. The van der Waals surface area contributed by atoms with Crippen LogP contribution in [0.2, 0.25) is 0 Å². The largest absolute Gasteiger partial charge is 0.442 e. The Kier molecular flexibility index (Phi) is 4.84. The Morgan fingerprint density at radius 3 is 2.90 bits per heavy atom. The van der Waals surface area contributed by atoms with E-state index < -0.39 is 17.2 Å². The summed E-state index contributed by atoms with van der Waals surface area (Å²) in [5.74, 6) is -0.916. The zero-order valence-corrected chi connectivity index (χ0v) is 12.8. The number of hydrogen-bond donors (Lipinski definition) is 1. The van der Waals surface area contributed by atoms with Crippen LogP contribution >= 0.6 is 23.1 Å². The highest BCUT2D eigenvalue weighted by Crippen LogP contribution is 2.39. The molecular weight excluding hydrogens is 321 g/mol. The number of carbonyl (C=O) groups excluding carboxylic acids is 1. The molecule has 114 valence electrons. The van der Waals surface area contributed by atoms with E-state index in [-0.39, 0.29) is 11.8 Å². The number of rotatable bonds is 3. The lowest BCUT2D eigenvalue weighted by atomic mass is 9.89. The molecule has 2 rings (SSSR count). The van der Waals surface area contributed by atoms with Gasteiger partial charge in [-0.05, 0) is 42.5 Å². The second-order valence-electron chi connectivity index (χ2n) is 4.95. The average Bonchev–Trinajstić information content (AvgIpc) is 2.71. The van der Waals surface area contributed by atoms with E-state index in [0.717, 1.165) is 29.7 Å². The number of nitrogens with one attached hydrogen (secondary N) is 1. The molecule has 3 nitrogen and oxygen atoms in total. The summed E-state index contributed by atoms with van der Waals surface area (Å²) in [6.07, 6.45) is 2.61. The smallest absolute Gasteiger partial charge is 0.316 e. The van der Waals surface area contributed by atoms with Crippen molar-refractivity contribution >= 4 is 34.0 Å². The van der Waals surface area contributed by atoms with E-state index in [9.17, 15) is 23.2 Å². The zero-order chi connectivity index (χ0) is 15.6. The van der Waals surface area contributed by atoms with Gasteiger partial charge in [0, 0.05) is 4.88 Å². The summed E-state index contributed by atoms with van der Waals surface area (Å²) in [6.45, 7) is 2.12. The molecule has 1 atom stereocenters. The van der Waals surface area contributed by atoms with Gasteiger partial charge >= 0.3 is 5.51 Å². The number of anilines is 1. The maximum absolute atomic E-state index is 12.1. The number of alkyl halides is 3. The normalized spacial score (nSPS) is 18.0. The van der Waals surface area contributed by atoms with Gasteiger partial charge in [-0.2, -0.15) is 18.4 Å². The molecule has 0 aliphatic heterocycles. The highest BCUT2D eigenvalue weighted by Gasteiger charge is 2.30. The van der Waals surface area contributed by atoms with E-state index in [4.69, 9.17) is 0 Å². The number of halogens is 3. The number of hydrogen-bond acceptors (Lipinski definition) is 4. The Bertz CT molecular complexity index is 589. The molecule has 8 heteroatoms. The molecule has 1 aliphatic rings. The van der Waals surface area contributed by atoms with Gasteiger partial charge in [-0.3, -0.25) is 4.79 Å². The lowest BCUT2D eigenvalue weighted by Gasteiger charge is -2.17. The molecule has 0 unspecified atom stereocenters. The maximum Gasteiger partial charge on any atom is 0.442 e. The standard InChI is InChI=1S/C13H13F3N2OS2/c1-7-2-3-8-9(5-17)12(21-10(8)4-7)18-11(19)6-20-13(14,15)16/h7H,2-4,6H2,1H3,(H,18,19)/t7-/m0/s1. The first kappa shape index (κ1) is 16.2. The van der Waals surface area contributed by atoms with E-state index in [0.29, 0.717) is 16.5 Å². The maximum atomic E-state index is 12.1. The van der Waals surface area contributed by atoms with Crippen LogP contribution in [0.25, 0.3) is 0 Å². The molecule has 0 saturated heterocycles. The molecule has 0 aromatic carbocycles. The second kappa shape index (κ2) is 6.28. The van der Waals surface area contributed by atoms with E-state index in [1.807, 2.05) is 0 Å². The van der Waals surface area contributed by atoms with Crippen LogP contribution in [-0.2, 0) is 17.6 Å². The van der Waals surface area contributed by atoms with E-state index in [1.165, 1.54) is 11.3 Å². The quantitative estimate of drug-likeness (QED) is 0.911. The molecule has 0 spiro atoms. The van der Waals surface area contributed by atoms with Crippen molar-refractivity contribution in [2.75, 3.05) is 11.1 Å². The summed E-state index contributed by atoms with van der Waals surface area (Å²) in [5, 5.41) is 12.0. The Balaban J connectivity index is 2.10. The molecule has 1 heterocycles. The second-order valence-corrected chi connectivity index (χ2v) is 7.10. The highest BCUT2D eigenvalue weighted by atomic mass is 32.2. The van der Waals surface area contributed by atoms with Crippen LogP contribution in [0.5, 0.6) is 0 Å². The van der Waals surface area contributed by atoms with Crippen molar-refractivity contribution in [2.24, 2.45) is 5.92 Å². The first-order valence-corrected chi connectivity index (χ1v) is 8.15. The molecule has 1 aromatic heterocycles. The van der Waals surface area contributed by atoms with Crippen LogP contribution in [0.3, 0.4) is 0 Å². The van der Waals surface area contributed by atoms with Gasteiger partial charge in [0.15, 0.2) is 0 Å². The van der Waals surface area contributed by atoms with Crippen molar-refractivity contribution < 1.29 is 18.0 Å². The Morgan fingerprint density at radius 1 is 1.57 bits per heavy atom. The predicted molar refractivity (Wildman–Crippen MR) is 77.4 cm³/mol. The minimum absolute atomic E-state index is 0.379. The molecule has 21 heavy (non-hydrogen) atoms. The summed E-state index contributed by atoms with van der Waals surface area (Å²) < 4.78 is 36.2. The number of fused-ring (bicyclic) bond motifs is 1. The van der Waals surface area contributed by atoms with Crippen molar-refractivity contribution in [1.29, 1.82) is 5.26 Å². The molecule has 0 bridgehead atoms. The van der Waals surface area contributed by atoms with E-state index in [2.05, 4.69) is 18.3 Å². The lowest BCUT2D eigenvalue weighted by molar-refractivity contribution is -0.114. The van der Waals surface area contributed by atoms with Gasteiger partial charge in [0.05, 0.1) is 11.3 Å². The highest BCUT2D eigenvalue weighted by molar-refractivity contribution is 8.00. The van der Waals surface area contributed by atoms with Gasteiger partial charge in [0.2, 0.25) is 5.91 Å². The summed E-state index contributed by atoms with van der Waals surface area (Å²) in [7, 11) is 0. The van der Waals surface area contributed by atoms with Crippen molar-refractivity contribution in [3.8, 4) is 6.07 Å². The first-order chi connectivity index (χ1) is 9.80. The Labute approximate surface area is 128 Å². The van der Waals surface area contributed by atoms with Crippen LogP contribution in [0, 0.1) is 17.2 Å². The Hall–Kier alpha value is -1.20. The van der Waals surface area contributed by atoms with Gasteiger partial charge in [-0.25, -0.2) is 0 Å². The number of nitriles is 1. The van der Waals surface area contributed by atoms with Crippen molar-refractivity contribution in [1.82, 2.24) is 0 Å². The zero-order valence-electron chi connectivity index (χ0n) is 11.2. The molecule has 1 N–H and O–H groups in total. The Morgan fingerprint density at radius 2 is 2.29 bits per heavy atom. The van der Waals surface area contributed by atoms with Gasteiger partial charge in [-0.15, -0.1) is 11.3 Å². The molecule has 0 saturated carbocycles. The van der Waals surface area contributed by atoms with Crippen molar-refractivity contribution in [2.45, 2.75) is 31.7 Å². The molecule has 1 amide bonds. The third-order valence-corrected chi connectivity index (χ3v) is 5.15. The summed E-state index contributed by atoms with van der Waals surface area (Å²) in [5.41, 5.74) is -3.08. The van der Waals surface area contributed by atoms with Gasteiger partial charge in [0.1, 0.15) is 11.1 Å². The van der Waals surface area contributed by atoms with Crippen LogP contribution in [0.4, 0.5) is 18.2 Å². The fraction of sp³-hybridized carbons (Fsp3) is 0.538. The summed E-state index contributed by atoms with van der Waals surface area (Å²) >= 11 is 0.926. The summed E-state index contributed by atoms with van der Waals surface area (Å²) in [4.78, 5) is 12.6. The minimum Gasteiger partial charge on any atom is -0.316 e. The SMILES string of the molecule is C[C@H]1CCc2c(sc(NC(=O)CSC(F)(F)F)c2C#N)C1. The third kappa shape index (κ3) is 4.14. The monoisotopic (exact) mass is 334 g/mol. The molecule has 1 aromatic rings. The fourth-order valence-corrected chi connectivity index (χ4v) is 4.01. The molecule has 0 radical (unpaired) electrons. The number of thiophene rings is 1. The van der Waals surface area contributed by atoms with Crippen molar-refractivity contribution in [3.63, 3.8) is 0 Å². The summed E-state index contributed by atoms with van der Waals surface area (Å²) in [6, 6.07) is 2.06. The van der Waals surface area contributed by atoms with Crippen LogP contribution in [0.1, 0.15) is 29.3 Å². The predicted octanol–water partition coefficient (Wildman–Crippen LogP) is 3.94. The first-order valence-electron chi connectivity index (χ1n) is 6.35. The number of carbonyl (C=O) groups is 1. The van der Waals surface area contributed by atoms with Crippen molar-refractivity contribution in [3.05, 3.63) is 16.0 Å². The van der Waals surface area contributed by atoms with Crippen LogP contribution < -0.4 is 5.32 Å². The molecule has 0 fully saturated rings. The van der Waals surface area contributed by atoms with E-state index in [1.54, 1.807) is 0 Å². The fourth-order valence-electron chi connectivity index (χ4n) is 2.27. The van der Waals surface area contributed by atoms with Gasteiger partial charge < -0.3 is 5.32 Å². The lowest BCUT2D eigenvalue weighted by Crippen LogP contribution is -2.17. The van der Waals surface area contributed by atoms with Crippen LogP contribution in [0.15, 0.2) is 0 Å². The molecule has 1 aliphatic carbocycles. The van der Waals surface area contributed by atoms with Crippen LogP contribution in [-0.4, -0.2) is 17.2 Å². The van der Waals surface area contributed by atoms with Gasteiger partial charge in [0.25, 0.3) is 0 Å².